The number of carbonyl (C=O) groups excluding carboxylic acids is 1. The number of carbonyl (C=O) groups is 1. The summed E-state index contributed by atoms with van der Waals surface area (Å²) in [6.45, 7) is 2.09. The molecule has 21 heavy (non-hydrogen) atoms. The van der Waals surface area contributed by atoms with Gasteiger partial charge in [-0.05, 0) is 36.8 Å². The number of fused-ring (bicyclic) bond motifs is 1. The number of anilines is 1. The van der Waals surface area contributed by atoms with Crippen molar-refractivity contribution in [2.75, 3.05) is 11.9 Å². The summed E-state index contributed by atoms with van der Waals surface area (Å²) in [7, 11) is 0. The molecule has 0 saturated carbocycles. The first-order valence-electron chi connectivity index (χ1n) is 6.59. The number of nitrogens with one attached hydrogen (secondary N) is 1. The molecule has 2 aromatic rings. The normalized spacial score (nSPS) is 16.4. The minimum atomic E-state index is -0.681. The molecule has 1 aliphatic rings. The molecule has 0 saturated heterocycles. The Morgan fingerprint density at radius 2 is 2.00 bits per heavy atom. The quantitative estimate of drug-likeness (QED) is 0.924. The number of halogens is 1. The maximum Gasteiger partial charge on any atom is 0.269 e. The van der Waals surface area contributed by atoms with Gasteiger partial charge in [0.05, 0.1) is 0 Å². The molecular weight excluding hydrogens is 290 g/mol. The molecule has 108 valence electrons. The van der Waals surface area contributed by atoms with Gasteiger partial charge in [-0.3, -0.25) is 4.79 Å². The van der Waals surface area contributed by atoms with Crippen LogP contribution in [0.5, 0.6) is 11.5 Å². The van der Waals surface area contributed by atoms with E-state index in [-0.39, 0.29) is 12.5 Å². The minimum Gasteiger partial charge on any atom is -0.485 e. The van der Waals surface area contributed by atoms with E-state index in [1.54, 1.807) is 18.2 Å². The Balaban J connectivity index is 1.70. The van der Waals surface area contributed by atoms with Crippen molar-refractivity contribution in [2.24, 2.45) is 0 Å². The van der Waals surface area contributed by atoms with E-state index in [1.807, 2.05) is 31.2 Å². The lowest BCUT2D eigenvalue weighted by molar-refractivity contribution is -0.125. The highest BCUT2D eigenvalue weighted by atomic mass is 35.5. The van der Waals surface area contributed by atoms with Crippen LogP contribution < -0.4 is 14.8 Å². The van der Waals surface area contributed by atoms with Gasteiger partial charge in [-0.1, -0.05) is 29.8 Å². The van der Waals surface area contributed by atoms with Crippen LogP contribution in [-0.2, 0) is 4.79 Å². The SMILES string of the molecule is Cc1ccc(NC(=O)[C@H]2COc3ccccc3O2)cc1Cl. The molecule has 0 bridgehead atoms. The molecule has 1 atom stereocenters. The summed E-state index contributed by atoms with van der Waals surface area (Å²) >= 11 is 6.04. The first kappa shape index (κ1) is 13.8. The predicted molar refractivity (Wildman–Crippen MR) is 81.2 cm³/mol. The van der Waals surface area contributed by atoms with E-state index in [4.69, 9.17) is 21.1 Å². The first-order chi connectivity index (χ1) is 10.1. The Hall–Kier alpha value is -2.20. The topological polar surface area (TPSA) is 47.6 Å². The zero-order valence-corrected chi connectivity index (χ0v) is 12.2. The summed E-state index contributed by atoms with van der Waals surface area (Å²) in [4.78, 5) is 12.2. The van der Waals surface area contributed by atoms with E-state index in [0.29, 0.717) is 22.2 Å². The smallest absolute Gasteiger partial charge is 0.269 e. The van der Waals surface area contributed by atoms with Crippen LogP contribution in [0, 0.1) is 6.92 Å². The average molecular weight is 304 g/mol. The van der Waals surface area contributed by atoms with Gasteiger partial charge in [-0.2, -0.15) is 0 Å². The third-order valence-corrected chi connectivity index (χ3v) is 3.65. The predicted octanol–water partition coefficient (Wildman–Crippen LogP) is 3.43. The fraction of sp³-hybridized carbons (Fsp3) is 0.188. The van der Waals surface area contributed by atoms with Crippen LogP contribution in [0.25, 0.3) is 0 Å². The number of hydrogen-bond donors (Lipinski definition) is 1. The lowest BCUT2D eigenvalue weighted by Crippen LogP contribution is -2.40. The van der Waals surface area contributed by atoms with Crippen molar-refractivity contribution >= 4 is 23.2 Å². The number of hydrogen-bond acceptors (Lipinski definition) is 3. The zero-order valence-electron chi connectivity index (χ0n) is 11.4. The Morgan fingerprint density at radius 3 is 2.76 bits per heavy atom. The molecule has 0 aromatic heterocycles. The minimum absolute atomic E-state index is 0.183. The summed E-state index contributed by atoms with van der Waals surface area (Å²) in [6, 6.07) is 12.6. The van der Waals surface area contributed by atoms with Crippen molar-refractivity contribution in [1.82, 2.24) is 0 Å². The molecule has 1 amide bonds. The van der Waals surface area contributed by atoms with E-state index < -0.39 is 6.10 Å². The Morgan fingerprint density at radius 1 is 1.24 bits per heavy atom. The Bertz CT molecular complexity index is 687. The largest absolute Gasteiger partial charge is 0.485 e. The fourth-order valence-electron chi connectivity index (χ4n) is 2.04. The first-order valence-corrected chi connectivity index (χ1v) is 6.97. The second-order valence-electron chi connectivity index (χ2n) is 4.82. The van der Waals surface area contributed by atoms with E-state index in [1.165, 1.54) is 0 Å². The fourth-order valence-corrected chi connectivity index (χ4v) is 2.22. The number of aryl methyl sites for hydroxylation is 1. The summed E-state index contributed by atoms with van der Waals surface area (Å²) in [6.07, 6.45) is -0.681. The van der Waals surface area contributed by atoms with Crippen LogP contribution in [0.1, 0.15) is 5.56 Å². The number of rotatable bonds is 2. The van der Waals surface area contributed by atoms with Crippen LogP contribution in [0.2, 0.25) is 5.02 Å². The maximum atomic E-state index is 12.2. The molecule has 0 unspecified atom stereocenters. The van der Waals surface area contributed by atoms with E-state index in [9.17, 15) is 4.79 Å². The molecule has 3 rings (SSSR count). The molecule has 0 spiro atoms. The molecule has 0 aliphatic carbocycles. The molecule has 4 nitrogen and oxygen atoms in total. The molecule has 1 N–H and O–H groups in total. The van der Waals surface area contributed by atoms with Crippen molar-refractivity contribution in [3.05, 3.63) is 53.1 Å². The van der Waals surface area contributed by atoms with Crippen LogP contribution >= 0.6 is 11.6 Å². The van der Waals surface area contributed by atoms with E-state index in [0.717, 1.165) is 5.56 Å². The van der Waals surface area contributed by atoms with Gasteiger partial charge in [0.1, 0.15) is 6.61 Å². The standard InChI is InChI=1S/C16H14ClNO3/c1-10-6-7-11(8-12(10)17)18-16(19)15-9-20-13-4-2-3-5-14(13)21-15/h2-8,15H,9H2,1H3,(H,18,19)/t15-/m1/s1. The van der Waals surface area contributed by atoms with E-state index >= 15 is 0 Å². The molecule has 1 heterocycles. The van der Waals surface area contributed by atoms with E-state index in [2.05, 4.69) is 5.32 Å². The molecule has 0 fully saturated rings. The van der Waals surface area contributed by atoms with Crippen LogP contribution in [0.3, 0.4) is 0 Å². The Kier molecular flexibility index (Phi) is 3.71. The van der Waals surface area contributed by atoms with Crippen LogP contribution in [0.15, 0.2) is 42.5 Å². The van der Waals surface area contributed by atoms with Crippen molar-refractivity contribution in [1.29, 1.82) is 0 Å². The second-order valence-corrected chi connectivity index (χ2v) is 5.22. The molecule has 0 radical (unpaired) electrons. The number of para-hydroxylation sites is 2. The van der Waals surface area contributed by atoms with Gasteiger partial charge in [-0.25, -0.2) is 0 Å². The monoisotopic (exact) mass is 303 g/mol. The highest BCUT2D eigenvalue weighted by molar-refractivity contribution is 6.31. The van der Waals surface area contributed by atoms with Gasteiger partial charge in [0.2, 0.25) is 6.10 Å². The number of amides is 1. The lowest BCUT2D eigenvalue weighted by atomic mass is 10.2. The van der Waals surface area contributed by atoms with Gasteiger partial charge >= 0.3 is 0 Å². The van der Waals surface area contributed by atoms with Gasteiger partial charge < -0.3 is 14.8 Å². The van der Waals surface area contributed by atoms with Crippen LogP contribution in [-0.4, -0.2) is 18.6 Å². The molecular formula is C16H14ClNO3. The van der Waals surface area contributed by atoms with Crippen molar-refractivity contribution in [2.45, 2.75) is 13.0 Å². The van der Waals surface area contributed by atoms with Gasteiger partial charge in [-0.15, -0.1) is 0 Å². The van der Waals surface area contributed by atoms with Crippen molar-refractivity contribution < 1.29 is 14.3 Å². The third-order valence-electron chi connectivity index (χ3n) is 3.24. The molecule has 5 heteroatoms. The molecule has 2 aromatic carbocycles. The summed E-state index contributed by atoms with van der Waals surface area (Å²) < 4.78 is 11.2. The van der Waals surface area contributed by atoms with Gasteiger partial charge in [0.15, 0.2) is 11.5 Å². The van der Waals surface area contributed by atoms with Crippen LogP contribution in [0.4, 0.5) is 5.69 Å². The number of benzene rings is 2. The zero-order chi connectivity index (χ0) is 14.8. The summed E-state index contributed by atoms with van der Waals surface area (Å²) in [5.41, 5.74) is 1.60. The maximum absolute atomic E-state index is 12.2. The average Bonchev–Trinajstić information content (AvgIpc) is 2.50. The Labute approximate surface area is 127 Å². The van der Waals surface area contributed by atoms with Crippen molar-refractivity contribution in [3.8, 4) is 11.5 Å². The van der Waals surface area contributed by atoms with Gasteiger partial charge in [0, 0.05) is 10.7 Å². The lowest BCUT2D eigenvalue weighted by Gasteiger charge is -2.25. The number of ether oxygens (including phenoxy) is 2. The third kappa shape index (κ3) is 2.95. The summed E-state index contributed by atoms with van der Waals surface area (Å²) in [5.74, 6) is 0.968. The highest BCUT2D eigenvalue weighted by Crippen LogP contribution is 2.31. The highest BCUT2D eigenvalue weighted by Gasteiger charge is 2.27. The second kappa shape index (κ2) is 5.66. The van der Waals surface area contributed by atoms with Crippen molar-refractivity contribution in [3.63, 3.8) is 0 Å². The molecule has 1 aliphatic heterocycles. The summed E-state index contributed by atoms with van der Waals surface area (Å²) in [5, 5.41) is 3.39. The van der Waals surface area contributed by atoms with Gasteiger partial charge in [0.25, 0.3) is 5.91 Å².